The Bertz CT molecular complexity index is 1320. The molecule has 5 N–H and O–H groups in total. The third-order valence-corrected chi connectivity index (χ3v) is 6.77. The second-order valence-corrected chi connectivity index (χ2v) is 10.7. The Morgan fingerprint density at radius 3 is 2.47 bits per heavy atom. The Morgan fingerprint density at radius 2 is 1.81 bits per heavy atom. The number of amides is 1. The highest BCUT2D eigenvalue weighted by Gasteiger charge is 2.45. The maximum Gasteiger partial charge on any atom is 0.281 e. The van der Waals surface area contributed by atoms with E-state index in [9.17, 15) is 13.2 Å². The number of carbonyl (C=O) groups is 1. The lowest BCUT2D eigenvalue weighted by Crippen LogP contribution is -2.42. The summed E-state index contributed by atoms with van der Waals surface area (Å²) in [7, 11) is -4.24. The summed E-state index contributed by atoms with van der Waals surface area (Å²) in [6.45, 7) is 6.47. The quantitative estimate of drug-likeness (QED) is 0.543. The zero-order valence-electron chi connectivity index (χ0n) is 18.2. The van der Waals surface area contributed by atoms with Crippen molar-refractivity contribution >= 4 is 38.5 Å². The molecule has 9 nitrogen and oxygen atoms in total. The van der Waals surface area contributed by atoms with E-state index in [4.69, 9.17) is 16.5 Å². The van der Waals surface area contributed by atoms with Crippen molar-refractivity contribution in [1.29, 1.82) is 0 Å². The Balaban J connectivity index is 1.81. The number of hydrogen-bond donors (Lipinski definition) is 3. The van der Waals surface area contributed by atoms with Crippen LogP contribution >= 0.6 is 0 Å². The van der Waals surface area contributed by atoms with Crippen LogP contribution in [-0.4, -0.2) is 41.9 Å². The summed E-state index contributed by atoms with van der Waals surface area (Å²) in [6.07, 6.45) is 0.682. The molecule has 1 fully saturated rings. The van der Waals surface area contributed by atoms with Crippen LogP contribution in [0.2, 0.25) is 0 Å². The number of anilines is 2. The monoisotopic (exact) mass is 454 g/mol. The third kappa shape index (κ3) is 4.11. The van der Waals surface area contributed by atoms with Crippen LogP contribution in [0, 0.1) is 0 Å². The number of nitrogens with zero attached hydrogens (tertiary/aromatic N) is 3. The molecule has 0 spiro atoms. The number of sulfonamides is 1. The van der Waals surface area contributed by atoms with Gasteiger partial charge >= 0.3 is 0 Å². The van der Waals surface area contributed by atoms with Crippen molar-refractivity contribution in [3.63, 3.8) is 0 Å². The smallest absolute Gasteiger partial charge is 0.281 e. The highest BCUT2D eigenvalue weighted by Crippen LogP contribution is 2.39. The van der Waals surface area contributed by atoms with Crippen LogP contribution < -0.4 is 21.1 Å². The lowest BCUT2D eigenvalue weighted by molar-refractivity contribution is 0.0981. The Kier molecular flexibility index (Phi) is 5.09. The average Bonchev–Trinajstić information content (AvgIpc) is 2.93. The number of carbonyl (C=O) groups excluding carboxylic acids is 1. The van der Waals surface area contributed by atoms with Crippen LogP contribution in [0.5, 0.6) is 0 Å². The number of para-hydroxylation sites is 1. The summed E-state index contributed by atoms with van der Waals surface area (Å²) in [6, 6.07) is 13.2. The van der Waals surface area contributed by atoms with Crippen LogP contribution in [0.1, 0.15) is 37.6 Å². The highest BCUT2D eigenvalue weighted by atomic mass is 32.2. The Hall–Kier alpha value is -3.24. The van der Waals surface area contributed by atoms with E-state index < -0.39 is 21.5 Å². The number of nitrogens with one attached hydrogen (secondary N) is 1. The topological polar surface area (TPSA) is 144 Å². The van der Waals surface area contributed by atoms with Gasteiger partial charge in [0.2, 0.25) is 0 Å². The second kappa shape index (κ2) is 7.42. The first-order chi connectivity index (χ1) is 14.9. The van der Waals surface area contributed by atoms with Crippen molar-refractivity contribution in [3.8, 4) is 0 Å². The van der Waals surface area contributed by atoms with E-state index in [2.05, 4.69) is 9.71 Å². The van der Waals surface area contributed by atoms with E-state index in [1.165, 1.54) is 18.2 Å². The first-order valence-corrected chi connectivity index (χ1v) is 11.6. The fraction of sp³-hybridized carbons (Fsp3) is 0.318. The van der Waals surface area contributed by atoms with Gasteiger partial charge in [0.1, 0.15) is 11.6 Å². The largest absolute Gasteiger partial charge is 0.384 e. The van der Waals surface area contributed by atoms with Crippen LogP contribution in [-0.2, 0) is 10.0 Å². The van der Waals surface area contributed by atoms with Crippen molar-refractivity contribution < 1.29 is 13.2 Å². The molecular formula is C22H26N6O3S. The van der Waals surface area contributed by atoms with Crippen molar-refractivity contribution in [2.75, 3.05) is 17.2 Å². The predicted octanol–water partition coefficient (Wildman–Crippen LogP) is 2.04. The summed E-state index contributed by atoms with van der Waals surface area (Å²) >= 11 is 0. The molecule has 4 rings (SSSR count). The molecule has 1 amide bonds. The summed E-state index contributed by atoms with van der Waals surface area (Å²) in [5, 5.41) is 0.380. The maximum absolute atomic E-state index is 13.3. The number of nitrogen functional groups attached to an aromatic ring is 1. The van der Waals surface area contributed by atoms with Gasteiger partial charge in [0, 0.05) is 23.0 Å². The number of aromatic nitrogens is 2. The van der Waals surface area contributed by atoms with Crippen LogP contribution in [0.3, 0.4) is 0 Å². The summed E-state index contributed by atoms with van der Waals surface area (Å²) in [5.41, 5.74) is 12.0. The highest BCUT2D eigenvalue weighted by molar-refractivity contribution is 7.90. The molecule has 32 heavy (non-hydrogen) atoms. The number of rotatable bonds is 4. The van der Waals surface area contributed by atoms with Gasteiger partial charge in [-0.05, 0) is 51.5 Å². The number of benzene rings is 1. The fourth-order valence-corrected chi connectivity index (χ4v) is 5.31. The standard InChI is InChI=1S/C22H26N6O3S/c1-21(2)12-22(3,24)13-28(21)19-15(11-14-7-4-5-8-16(14)25-19)20(29)27-32(30,31)18-10-6-9-17(23)26-18/h4-11H,12-13,24H2,1-3H3,(H2,23,26)(H,27,29)/t22-/m1/s1. The lowest BCUT2D eigenvalue weighted by Gasteiger charge is -2.33. The van der Waals surface area contributed by atoms with Crippen molar-refractivity contribution in [3.05, 3.63) is 54.1 Å². The number of fused-ring (bicyclic) bond motifs is 1. The molecule has 0 bridgehead atoms. The van der Waals surface area contributed by atoms with Crippen molar-refractivity contribution in [2.45, 2.75) is 43.3 Å². The molecule has 0 radical (unpaired) electrons. The molecule has 1 aliphatic heterocycles. The minimum atomic E-state index is -4.24. The predicted molar refractivity (Wildman–Crippen MR) is 124 cm³/mol. The zero-order valence-corrected chi connectivity index (χ0v) is 19.0. The van der Waals surface area contributed by atoms with Crippen molar-refractivity contribution in [1.82, 2.24) is 14.7 Å². The van der Waals surface area contributed by atoms with Crippen LogP contribution in [0.4, 0.5) is 11.6 Å². The molecule has 0 unspecified atom stereocenters. The van der Waals surface area contributed by atoms with Crippen molar-refractivity contribution in [2.24, 2.45) is 5.73 Å². The van der Waals surface area contributed by atoms with Gasteiger partial charge in [-0.1, -0.05) is 24.3 Å². The molecule has 1 saturated heterocycles. The molecule has 0 saturated carbocycles. The van der Waals surface area contributed by atoms with Gasteiger partial charge in [-0.3, -0.25) is 4.79 Å². The van der Waals surface area contributed by atoms with Gasteiger partial charge in [-0.15, -0.1) is 0 Å². The minimum Gasteiger partial charge on any atom is -0.384 e. The minimum absolute atomic E-state index is 0.0365. The molecule has 1 atom stereocenters. The second-order valence-electron chi connectivity index (χ2n) is 9.12. The third-order valence-electron chi connectivity index (χ3n) is 5.54. The van der Waals surface area contributed by atoms with Crippen LogP contribution in [0.15, 0.2) is 53.6 Å². The van der Waals surface area contributed by atoms with Gasteiger partial charge < -0.3 is 16.4 Å². The molecule has 168 valence electrons. The maximum atomic E-state index is 13.3. The normalized spacial score (nSPS) is 20.4. The van der Waals surface area contributed by atoms with E-state index in [0.29, 0.717) is 29.7 Å². The molecule has 10 heteroatoms. The lowest BCUT2D eigenvalue weighted by atomic mass is 9.92. The summed E-state index contributed by atoms with van der Waals surface area (Å²) in [4.78, 5) is 23.8. The zero-order chi connectivity index (χ0) is 23.3. The number of nitrogens with two attached hydrogens (primary N) is 2. The fourth-order valence-electron chi connectivity index (χ4n) is 4.36. The van der Waals surface area contributed by atoms with Gasteiger partial charge in [-0.25, -0.2) is 14.7 Å². The molecule has 1 aliphatic rings. The first kappa shape index (κ1) is 22.0. The van der Waals surface area contributed by atoms with E-state index in [1.54, 1.807) is 6.07 Å². The van der Waals surface area contributed by atoms with E-state index in [-0.39, 0.29) is 21.9 Å². The van der Waals surface area contributed by atoms with Crippen LogP contribution in [0.25, 0.3) is 10.9 Å². The molecule has 2 aromatic heterocycles. The van der Waals surface area contributed by atoms with Gasteiger partial charge in [0.25, 0.3) is 15.9 Å². The molecule has 0 aliphatic carbocycles. The van der Waals surface area contributed by atoms with Gasteiger partial charge in [0.15, 0.2) is 5.03 Å². The van der Waals surface area contributed by atoms with Gasteiger partial charge in [-0.2, -0.15) is 8.42 Å². The Labute approximate surface area is 186 Å². The molecule has 3 aromatic rings. The molecule has 3 heterocycles. The summed E-state index contributed by atoms with van der Waals surface area (Å²) < 4.78 is 27.7. The van der Waals surface area contributed by atoms with Gasteiger partial charge in [0.05, 0.1) is 11.1 Å². The molecule has 1 aromatic carbocycles. The van der Waals surface area contributed by atoms with E-state index in [1.807, 2.05) is 49.9 Å². The average molecular weight is 455 g/mol. The molecular weight excluding hydrogens is 428 g/mol. The van der Waals surface area contributed by atoms with E-state index >= 15 is 0 Å². The Morgan fingerprint density at radius 1 is 1.09 bits per heavy atom. The number of pyridine rings is 2. The number of hydrogen-bond acceptors (Lipinski definition) is 8. The van der Waals surface area contributed by atoms with E-state index in [0.717, 1.165) is 0 Å². The SMILES string of the molecule is CC1(C)C[C@@](C)(N)CN1c1nc2ccccc2cc1C(=O)NS(=O)(=O)c1cccc(N)n1. The first-order valence-electron chi connectivity index (χ1n) is 10.1. The summed E-state index contributed by atoms with van der Waals surface area (Å²) in [5.74, 6) is -0.380.